The van der Waals surface area contributed by atoms with E-state index in [0.29, 0.717) is 24.7 Å². The van der Waals surface area contributed by atoms with Crippen LogP contribution in [0.1, 0.15) is 11.1 Å². The zero-order valence-electron chi connectivity index (χ0n) is 13.1. The third kappa shape index (κ3) is 6.28. The van der Waals surface area contributed by atoms with Gasteiger partial charge >= 0.3 is 0 Å². The number of halogens is 2. The largest absolute Gasteiger partial charge is 0.389 e. The lowest BCUT2D eigenvalue weighted by atomic mass is 10.2. The highest BCUT2D eigenvalue weighted by atomic mass is 35.5. The Labute approximate surface area is 141 Å². The van der Waals surface area contributed by atoms with Crippen LogP contribution in [0.25, 0.3) is 0 Å². The quantitative estimate of drug-likeness (QED) is 0.800. The Morgan fingerprint density at radius 2 is 2.00 bits per heavy atom. The summed E-state index contributed by atoms with van der Waals surface area (Å²) in [5.74, 6) is -0.250. The van der Waals surface area contributed by atoms with E-state index in [4.69, 9.17) is 16.3 Å². The van der Waals surface area contributed by atoms with Crippen LogP contribution < -0.4 is 0 Å². The maximum atomic E-state index is 13.1. The number of hydrogen-bond donors (Lipinski definition) is 1. The molecule has 0 radical (unpaired) electrons. The van der Waals surface area contributed by atoms with Crippen LogP contribution in [0.15, 0.2) is 48.5 Å². The minimum Gasteiger partial charge on any atom is -0.389 e. The Bertz CT molecular complexity index is 623. The third-order valence-corrected chi connectivity index (χ3v) is 3.76. The van der Waals surface area contributed by atoms with Gasteiger partial charge in [0.1, 0.15) is 5.82 Å². The molecule has 0 aliphatic rings. The fourth-order valence-corrected chi connectivity index (χ4v) is 2.53. The van der Waals surface area contributed by atoms with E-state index >= 15 is 0 Å². The molecular formula is C18H21ClFNO2. The van der Waals surface area contributed by atoms with E-state index in [1.165, 1.54) is 12.1 Å². The average molecular weight is 338 g/mol. The van der Waals surface area contributed by atoms with Gasteiger partial charge in [-0.2, -0.15) is 0 Å². The predicted octanol–water partition coefficient (Wildman–Crippen LogP) is 3.49. The fraction of sp³-hybridized carbons (Fsp3) is 0.333. The molecule has 2 rings (SSSR count). The van der Waals surface area contributed by atoms with Crippen molar-refractivity contribution in [1.82, 2.24) is 4.90 Å². The molecule has 0 saturated carbocycles. The van der Waals surface area contributed by atoms with E-state index in [-0.39, 0.29) is 12.4 Å². The molecule has 0 aliphatic heterocycles. The van der Waals surface area contributed by atoms with E-state index in [2.05, 4.69) is 0 Å². The number of benzene rings is 2. The van der Waals surface area contributed by atoms with E-state index in [1.54, 1.807) is 6.07 Å². The summed E-state index contributed by atoms with van der Waals surface area (Å²) in [6, 6.07) is 13.9. The second-order valence-electron chi connectivity index (χ2n) is 5.59. The standard InChI is InChI=1S/C18H21ClFNO2/c1-21(10-14-5-4-7-16(20)9-14)11-17(22)13-23-12-15-6-2-3-8-18(15)19/h2-9,17,22H,10-13H2,1H3/t17-/m0/s1. The Balaban J connectivity index is 1.72. The van der Waals surface area contributed by atoms with Gasteiger partial charge in [0.15, 0.2) is 0 Å². The summed E-state index contributed by atoms with van der Waals surface area (Å²) in [5, 5.41) is 10.7. The van der Waals surface area contributed by atoms with Crippen molar-refractivity contribution in [3.05, 3.63) is 70.5 Å². The minimum absolute atomic E-state index is 0.221. The number of likely N-dealkylation sites (N-methyl/N-ethyl adjacent to an activating group) is 1. The summed E-state index contributed by atoms with van der Waals surface area (Å²) >= 11 is 6.05. The molecule has 23 heavy (non-hydrogen) atoms. The predicted molar refractivity (Wildman–Crippen MR) is 89.8 cm³/mol. The minimum atomic E-state index is -0.615. The van der Waals surface area contributed by atoms with E-state index in [0.717, 1.165) is 11.1 Å². The molecule has 2 aromatic rings. The summed E-state index contributed by atoms with van der Waals surface area (Å²) in [4.78, 5) is 1.93. The van der Waals surface area contributed by atoms with Crippen molar-refractivity contribution in [3.63, 3.8) is 0 Å². The molecule has 0 heterocycles. The number of aliphatic hydroxyl groups excluding tert-OH is 1. The number of aliphatic hydroxyl groups is 1. The summed E-state index contributed by atoms with van der Waals surface area (Å²) in [5.41, 5.74) is 1.77. The van der Waals surface area contributed by atoms with Gasteiger partial charge in [0, 0.05) is 18.1 Å². The molecule has 124 valence electrons. The van der Waals surface area contributed by atoms with Crippen LogP contribution in [-0.2, 0) is 17.9 Å². The first-order valence-electron chi connectivity index (χ1n) is 7.47. The van der Waals surface area contributed by atoms with Crippen LogP contribution in [0, 0.1) is 5.82 Å². The zero-order chi connectivity index (χ0) is 16.7. The summed E-state index contributed by atoms with van der Waals surface area (Å²) in [6.07, 6.45) is -0.615. The molecule has 0 aromatic heterocycles. The van der Waals surface area contributed by atoms with E-state index in [1.807, 2.05) is 42.3 Å². The second kappa shape index (κ2) is 8.99. The molecule has 1 atom stereocenters. The summed E-state index contributed by atoms with van der Waals surface area (Å²) in [7, 11) is 1.88. The Morgan fingerprint density at radius 1 is 1.22 bits per heavy atom. The lowest BCUT2D eigenvalue weighted by Gasteiger charge is -2.20. The van der Waals surface area contributed by atoms with Gasteiger partial charge in [0.05, 0.1) is 19.3 Å². The molecule has 0 aliphatic carbocycles. The topological polar surface area (TPSA) is 32.7 Å². The lowest BCUT2D eigenvalue weighted by molar-refractivity contribution is 0.0127. The van der Waals surface area contributed by atoms with Crippen LogP contribution in [0.4, 0.5) is 4.39 Å². The van der Waals surface area contributed by atoms with Crippen molar-refractivity contribution >= 4 is 11.6 Å². The molecule has 0 spiro atoms. The first-order chi connectivity index (χ1) is 11.0. The molecule has 0 fully saturated rings. The van der Waals surface area contributed by atoms with Crippen molar-refractivity contribution in [2.24, 2.45) is 0 Å². The van der Waals surface area contributed by atoms with Crippen molar-refractivity contribution in [2.75, 3.05) is 20.2 Å². The van der Waals surface area contributed by atoms with E-state index in [9.17, 15) is 9.50 Å². The summed E-state index contributed by atoms with van der Waals surface area (Å²) in [6.45, 7) is 1.60. The molecule has 0 unspecified atom stereocenters. The number of ether oxygens (including phenoxy) is 1. The SMILES string of the molecule is CN(Cc1cccc(F)c1)C[C@H](O)COCc1ccccc1Cl. The van der Waals surface area contributed by atoms with Crippen molar-refractivity contribution in [3.8, 4) is 0 Å². The fourth-order valence-electron chi connectivity index (χ4n) is 2.34. The number of nitrogens with zero attached hydrogens (tertiary/aromatic N) is 1. The highest BCUT2D eigenvalue weighted by Gasteiger charge is 2.10. The van der Waals surface area contributed by atoms with Crippen LogP contribution in [0.5, 0.6) is 0 Å². The highest BCUT2D eigenvalue weighted by Crippen LogP contribution is 2.15. The lowest BCUT2D eigenvalue weighted by Crippen LogP contribution is -2.31. The third-order valence-electron chi connectivity index (χ3n) is 3.39. The van der Waals surface area contributed by atoms with Gasteiger partial charge < -0.3 is 9.84 Å². The molecule has 0 bridgehead atoms. The number of rotatable bonds is 8. The molecule has 1 N–H and O–H groups in total. The molecule has 2 aromatic carbocycles. The van der Waals surface area contributed by atoms with Gasteiger partial charge in [-0.05, 0) is 36.4 Å². The van der Waals surface area contributed by atoms with Gasteiger partial charge in [-0.15, -0.1) is 0 Å². The zero-order valence-corrected chi connectivity index (χ0v) is 13.8. The van der Waals surface area contributed by atoms with Crippen molar-refractivity contribution in [1.29, 1.82) is 0 Å². The Hall–Kier alpha value is -1.46. The average Bonchev–Trinajstić information content (AvgIpc) is 2.49. The van der Waals surface area contributed by atoms with Crippen molar-refractivity contribution in [2.45, 2.75) is 19.3 Å². The van der Waals surface area contributed by atoms with E-state index < -0.39 is 6.10 Å². The summed E-state index contributed by atoms with van der Waals surface area (Å²) < 4.78 is 18.7. The maximum Gasteiger partial charge on any atom is 0.123 e. The van der Waals surface area contributed by atoms with Gasteiger partial charge in [-0.3, -0.25) is 4.90 Å². The van der Waals surface area contributed by atoms with Crippen LogP contribution in [0.3, 0.4) is 0 Å². The molecular weight excluding hydrogens is 317 g/mol. The van der Waals surface area contributed by atoms with Gasteiger partial charge in [0.2, 0.25) is 0 Å². The van der Waals surface area contributed by atoms with Gasteiger partial charge in [-0.1, -0.05) is 41.9 Å². The van der Waals surface area contributed by atoms with Crippen LogP contribution >= 0.6 is 11.6 Å². The first kappa shape index (κ1) is 17.9. The van der Waals surface area contributed by atoms with Crippen LogP contribution in [-0.4, -0.2) is 36.3 Å². The highest BCUT2D eigenvalue weighted by molar-refractivity contribution is 6.31. The first-order valence-corrected chi connectivity index (χ1v) is 7.84. The van der Waals surface area contributed by atoms with Gasteiger partial charge in [0.25, 0.3) is 0 Å². The molecule has 5 heteroatoms. The Kier molecular flexibility index (Phi) is 6.99. The monoisotopic (exact) mass is 337 g/mol. The smallest absolute Gasteiger partial charge is 0.123 e. The maximum absolute atomic E-state index is 13.1. The van der Waals surface area contributed by atoms with Crippen molar-refractivity contribution < 1.29 is 14.2 Å². The van der Waals surface area contributed by atoms with Gasteiger partial charge in [-0.25, -0.2) is 4.39 Å². The Morgan fingerprint density at radius 3 is 2.74 bits per heavy atom. The molecule has 0 amide bonds. The molecule has 0 saturated heterocycles. The molecule has 3 nitrogen and oxygen atoms in total. The second-order valence-corrected chi connectivity index (χ2v) is 5.99. The van der Waals surface area contributed by atoms with Crippen LogP contribution in [0.2, 0.25) is 5.02 Å². The number of hydrogen-bond acceptors (Lipinski definition) is 3. The normalized spacial score (nSPS) is 12.6.